The fourth-order valence-corrected chi connectivity index (χ4v) is 2.27. The number of nitrogens with two attached hydrogens (primary N) is 1. The molecule has 0 radical (unpaired) electrons. The molecule has 3 N–H and O–H groups in total. The van der Waals surface area contributed by atoms with Gasteiger partial charge in [-0.25, -0.2) is 0 Å². The van der Waals surface area contributed by atoms with Crippen LogP contribution in [0.4, 0.5) is 0 Å². The first kappa shape index (κ1) is 20.9. The molecule has 1 aromatic heterocycles. The normalized spacial score (nSPS) is 11.5. The van der Waals surface area contributed by atoms with Gasteiger partial charge in [-0.05, 0) is 45.6 Å². The summed E-state index contributed by atoms with van der Waals surface area (Å²) in [5, 5.41) is 7.46. The van der Waals surface area contributed by atoms with E-state index in [2.05, 4.69) is 35.9 Å². The van der Waals surface area contributed by atoms with Gasteiger partial charge < -0.3 is 11.1 Å². The molecule has 0 aliphatic rings. The van der Waals surface area contributed by atoms with E-state index in [1.54, 1.807) is 0 Å². The number of hydrogen-bond acceptors (Lipinski definition) is 3. The highest BCUT2D eigenvalue weighted by Gasteiger charge is 2.15. The number of aromatic nitrogens is 2. The number of aryl methyl sites for hydroxylation is 1. The molecule has 22 heavy (non-hydrogen) atoms. The Morgan fingerprint density at radius 3 is 2.45 bits per heavy atom. The standard InChI is InChI=1S/C16H30N4O.ClH/c1-11(2)9-20-13(4)14(12(3)19-20)7-8-15(21)18-10-16(5,6)17;/h11H,7-10,17H2,1-6H3,(H,18,21);1H. The molecule has 5 nitrogen and oxygen atoms in total. The molecule has 0 saturated carbocycles. The molecule has 6 heteroatoms. The Bertz CT molecular complexity index is 489. The predicted molar refractivity (Wildman–Crippen MR) is 93.4 cm³/mol. The Labute approximate surface area is 140 Å². The number of carbonyl (C=O) groups is 1. The van der Waals surface area contributed by atoms with E-state index in [0.29, 0.717) is 18.9 Å². The van der Waals surface area contributed by atoms with Crippen molar-refractivity contribution in [2.75, 3.05) is 6.54 Å². The van der Waals surface area contributed by atoms with Crippen molar-refractivity contribution in [3.8, 4) is 0 Å². The van der Waals surface area contributed by atoms with Crippen LogP contribution in [0.1, 0.15) is 51.1 Å². The maximum atomic E-state index is 11.9. The average molecular weight is 331 g/mol. The van der Waals surface area contributed by atoms with Gasteiger partial charge >= 0.3 is 0 Å². The molecule has 0 saturated heterocycles. The van der Waals surface area contributed by atoms with Gasteiger partial charge in [-0.15, -0.1) is 12.4 Å². The lowest BCUT2D eigenvalue weighted by molar-refractivity contribution is -0.121. The third-order valence-corrected chi connectivity index (χ3v) is 3.41. The number of nitrogens with zero attached hydrogens (tertiary/aromatic N) is 2. The third kappa shape index (κ3) is 6.79. The fraction of sp³-hybridized carbons (Fsp3) is 0.750. The summed E-state index contributed by atoms with van der Waals surface area (Å²) in [4.78, 5) is 11.9. The summed E-state index contributed by atoms with van der Waals surface area (Å²) in [7, 11) is 0. The van der Waals surface area contributed by atoms with Crippen LogP contribution in [-0.4, -0.2) is 27.8 Å². The lowest BCUT2D eigenvalue weighted by atomic mass is 10.1. The summed E-state index contributed by atoms with van der Waals surface area (Å²) in [6.07, 6.45) is 1.21. The van der Waals surface area contributed by atoms with Gasteiger partial charge in [0.25, 0.3) is 0 Å². The zero-order valence-electron chi connectivity index (χ0n) is 14.7. The molecular weight excluding hydrogens is 300 g/mol. The van der Waals surface area contributed by atoms with Gasteiger partial charge in [0.05, 0.1) is 5.69 Å². The van der Waals surface area contributed by atoms with Crippen molar-refractivity contribution < 1.29 is 4.79 Å². The summed E-state index contributed by atoms with van der Waals surface area (Å²) in [5.74, 6) is 0.606. The fourth-order valence-electron chi connectivity index (χ4n) is 2.27. The second kappa shape index (κ2) is 8.53. The molecule has 0 aromatic carbocycles. The minimum Gasteiger partial charge on any atom is -0.354 e. The molecule has 0 spiro atoms. The van der Waals surface area contributed by atoms with Gasteiger partial charge in [0.2, 0.25) is 5.91 Å². The first-order valence-corrected chi connectivity index (χ1v) is 7.68. The van der Waals surface area contributed by atoms with E-state index in [1.807, 2.05) is 20.8 Å². The van der Waals surface area contributed by atoms with Crippen LogP contribution >= 0.6 is 12.4 Å². The number of nitrogens with one attached hydrogen (secondary N) is 1. The number of amides is 1. The molecule has 1 heterocycles. The highest BCUT2D eigenvalue weighted by molar-refractivity contribution is 5.85. The quantitative estimate of drug-likeness (QED) is 0.806. The van der Waals surface area contributed by atoms with Crippen LogP contribution in [0.3, 0.4) is 0 Å². The molecule has 0 unspecified atom stereocenters. The van der Waals surface area contributed by atoms with Crippen LogP contribution in [0.2, 0.25) is 0 Å². The van der Waals surface area contributed by atoms with Crippen LogP contribution < -0.4 is 11.1 Å². The Morgan fingerprint density at radius 1 is 1.36 bits per heavy atom. The van der Waals surface area contributed by atoms with E-state index in [0.717, 1.165) is 18.7 Å². The van der Waals surface area contributed by atoms with Crippen molar-refractivity contribution in [2.24, 2.45) is 11.7 Å². The Morgan fingerprint density at radius 2 is 1.95 bits per heavy atom. The van der Waals surface area contributed by atoms with E-state index in [1.165, 1.54) is 11.3 Å². The molecule has 128 valence electrons. The van der Waals surface area contributed by atoms with E-state index < -0.39 is 0 Å². The summed E-state index contributed by atoms with van der Waals surface area (Å²) in [6.45, 7) is 13.7. The summed E-state index contributed by atoms with van der Waals surface area (Å²) >= 11 is 0. The largest absolute Gasteiger partial charge is 0.354 e. The van der Waals surface area contributed by atoms with Crippen LogP contribution in [0.25, 0.3) is 0 Å². The minimum atomic E-state index is -0.371. The summed E-state index contributed by atoms with van der Waals surface area (Å²) in [5.41, 5.74) is 8.88. The van der Waals surface area contributed by atoms with Crippen LogP contribution in [0, 0.1) is 19.8 Å². The van der Waals surface area contributed by atoms with Crippen molar-refractivity contribution in [1.82, 2.24) is 15.1 Å². The Balaban J connectivity index is 0.00000441. The number of carbonyl (C=O) groups excluding carboxylic acids is 1. The van der Waals surface area contributed by atoms with Crippen LogP contribution in [0.15, 0.2) is 0 Å². The van der Waals surface area contributed by atoms with Crippen LogP contribution in [-0.2, 0) is 17.8 Å². The van der Waals surface area contributed by atoms with Crippen molar-refractivity contribution in [2.45, 2.75) is 66.5 Å². The molecule has 0 aliphatic carbocycles. The van der Waals surface area contributed by atoms with E-state index >= 15 is 0 Å². The third-order valence-electron chi connectivity index (χ3n) is 3.41. The molecule has 0 bridgehead atoms. The first-order valence-electron chi connectivity index (χ1n) is 7.68. The van der Waals surface area contributed by atoms with Gasteiger partial charge in [0.15, 0.2) is 0 Å². The molecule has 0 fully saturated rings. The predicted octanol–water partition coefficient (Wildman–Crippen LogP) is 2.36. The number of halogens is 1. The van der Waals surface area contributed by atoms with Gasteiger partial charge in [-0.3, -0.25) is 9.48 Å². The Kier molecular flexibility index (Phi) is 8.12. The topological polar surface area (TPSA) is 72.9 Å². The minimum absolute atomic E-state index is 0. The van der Waals surface area contributed by atoms with E-state index in [9.17, 15) is 4.79 Å². The average Bonchev–Trinajstić information content (AvgIpc) is 2.58. The van der Waals surface area contributed by atoms with Gasteiger partial charge in [-0.1, -0.05) is 13.8 Å². The molecule has 0 atom stereocenters. The van der Waals surface area contributed by atoms with Crippen molar-refractivity contribution in [3.05, 3.63) is 17.0 Å². The molecule has 0 aliphatic heterocycles. The first-order chi connectivity index (χ1) is 9.60. The van der Waals surface area contributed by atoms with Crippen molar-refractivity contribution in [1.29, 1.82) is 0 Å². The van der Waals surface area contributed by atoms with Crippen LogP contribution in [0.5, 0.6) is 0 Å². The van der Waals surface area contributed by atoms with E-state index in [-0.39, 0.29) is 23.9 Å². The lowest BCUT2D eigenvalue weighted by Crippen LogP contribution is -2.45. The lowest BCUT2D eigenvalue weighted by Gasteiger charge is -2.18. The summed E-state index contributed by atoms with van der Waals surface area (Å²) < 4.78 is 2.05. The molecular formula is C16H31ClN4O. The monoisotopic (exact) mass is 330 g/mol. The highest BCUT2D eigenvalue weighted by Crippen LogP contribution is 2.16. The molecule has 1 aromatic rings. The highest BCUT2D eigenvalue weighted by atomic mass is 35.5. The Hall–Kier alpha value is -1.07. The second-order valence-electron chi connectivity index (χ2n) is 6.99. The zero-order chi connectivity index (χ0) is 16.2. The SMILES string of the molecule is Cc1nn(CC(C)C)c(C)c1CCC(=O)NCC(C)(C)N.Cl. The number of rotatable bonds is 7. The zero-order valence-corrected chi connectivity index (χ0v) is 15.5. The maximum absolute atomic E-state index is 11.9. The molecule has 1 amide bonds. The number of hydrogen-bond donors (Lipinski definition) is 2. The van der Waals surface area contributed by atoms with E-state index in [4.69, 9.17) is 5.73 Å². The van der Waals surface area contributed by atoms with Gasteiger partial charge in [-0.2, -0.15) is 5.10 Å². The molecule has 1 rings (SSSR count). The maximum Gasteiger partial charge on any atom is 0.220 e. The van der Waals surface area contributed by atoms with Gasteiger partial charge in [0, 0.05) is 30.7 Å². The van der Waals surface area contributed by atoms with Gasteiger partial charge in [0.1, 0.15) is 0 Å². The van der Waals surface area contributed by atoms with Crippen molar-refractivity contribution in [3.63, 3.8) is 0 Å². The van der Waals surface area contributed by atoms with Crippen molar-refractivity contribution >= 4 is 18.3 Å². The summed E-state index contributed by atoms with van der Waals surface area (Å²) in [6, 6.07) is 0. The smallest absolute Gasteiger partial charge is 0.220 e. The second-order valence-corrected chi connectivity index (χ2v) is 6.99.